The fourth-order valence-electron chi connectivity index (χ4n) is 3.55. The van der Waals surface area contributed by atoms with Gasteiger partial charge < -0.3 is 9.30 Å². The third-order valence-electron chi connectivity index (χ3n) is 5.27. The van der Waals surface area contributed by atoms with Gasteiger partial charge in [0.2, 0.25) is 0 Å². The van der Waals surface area contributed by atoms with Gasteiger partial charge in [-0.2, -0.15) is 0 Å². The molecule has 8 nitrogen and oxygen atoms in total. The number of benzene rings is 1. The topological polar surface area (TPSA) is 88.1 Å². The maximum Gasteiger partial charge on any atom is 0.332 e. The van der Waals surface area contributed by atoms with Crippen molar-refractivity contribution in [2.24, 2.45) is 19.5 Å². The predicted molar refractivity (Wildman–Crippen MR) is 124 cm³/mol. The van der Waals surface area contributed by atoms with E-state index in [0.29, 0.717) is 23.3 Å². The van der Waals surface area contributed by atoms with Crippen molar-refractivity contribution in [2.45, 2.75) is 53.2 Å². The van der Waals surface area contributed by atoms with E-state index in [-0.39, 0.29) is 18.0 Å². The van der Waals surface area contributed by atoms with Crippen LogP contribution in [0.25, 0.3) is 11.2 Å². The van der Waals surface area contributed by atoms with Gasteiger partial charge in [0.05, 0.1) is 5.41 Å². The Bertz CT molecular complexity index is 1310. The lowest BCUT2D eigenvalue weighted by atomic mass is 9.88. The zero-order valence-electron chi connectivity index (χ0n) is 19.7. The summed E-state index contributed by atoms with van der Waals surface area (Å²) in [6.07, 6.45) is 0.219. The highest BCUT2D eigenvalue weighted by Crippen LogP contribution is 2.27. The number of fused-ring (bicyclic) bond motifs is 1. The van der Waals surface area contributed by atoms with E-state index in [9.17, 15) is 14.4 Å². The van der Waals surface area contributed by atoms with Gasteiger partial charge >= 0.3 is 11.7 Å². The van der Waals surface area contributed by atoms with Crippen LogP contribution >= 0.6 is 0 Å². The highest BCUT2D eigenvalue weighted by molar-refractivity contribution is 6.32. The van der Waals surface area contributed by atoms with Gasteiger partial charge in [0.1, 0.15) is 19.3 Å². The number of ether oxygens (including phenoxy) is 1. The van der Waals surface area contributed by atoms with Gasteiger partial charge in [-0.3, -0.25) is 18.7 Å². The smallest absolute Gasteiger partial charge is 0.332 e. The zero-order valence-corrected chi connectivity index (χ0v) is 19.7. The molecule has 0 N–H and O–H groups in total. The van der Waals surface area contributed by atoms with E-state index in [1.54, 1.807) is 31.5 Å². The molecular formula is C23H29BN4O4. The lowest BCUT2D eigenvalue weighted by Crippen LogP contribution is -2.37. The summed E-state index contributed by atoms with van der Waals surface area (Å²) in [5, 5.41) is 0. The Morgan fingerprint density at radius 2 is 1.75 bits per heavy atom. The minimum Gasteiger partial charge on any atom is -0.460 e. The van der Waals surface area contributed by atoms with E-state index in [1.807, 2.05) is 39.0 Å². The first kappa shape index (κ1) is 23.6. The van der Waals surface area contributed by atoms with Gasteiger partial charge in [-0.05, 0) is 40.2 Å². The molecule has 2 heterocycles. The van der Waals surface area contributed by atoms with Crippen LogP contribution in [0.1, 0.15) is 46.0 Å². The van der Waals surface area contributed by atoms with Crippen LogP contribution in [0.5, 0.6) is 0 Å². The molecule has 168 valence electrons. The summed E-state index contributed by atoms with van der Waals surface area (Å²) in [5.74, 6) is 0.144. The van der Waals surface area contributed by atoms with Crippen LogP contribution in [0.2, 0.25) is 0 Å². The van der Waals surface area contributed by atoms with Gasteiger partial charge in [0.15, 0.2) is 11.2 Å². The molecule has 0 spiro atoms. The summed E-state index contributed by atoms with van der Waals surface area (Å²) in [4.78, 5) is 43.0. The molecule has 0 aliphatic rings. The molecular weight excluding hydrogens is 407 g/mol. The lowest BCUT2D eigenvalue weighted by Gasteiger charge is -2.28. The molecule has 3 rings (SSSR count). The lowest BCUT2D eigenvalue weighted by molar-refractivity contribution is -0.165. The molecule has 0 amide bonds. The fourth-order valence-corrected chi connectivity index (χ4v) is 3.55. The summed E-state index contributed by atoms with van der Waals surface area (Å²) in [6, 6.07) is 7.34. The number of aryl methyl sites for hydroxylation is 1. The van der Waals surface area contributed by atoms with Crippen LogP contribution in [0.3, 0.4) is 0 Å². The average molecular weight is 436 g/mol. The number of rotatable bonds is 5. The van der Waals surface area contributed by atoms with Crippen molar-refractivity contribution < 1.29 is 9.53 Å². The van der Waals surface area contributed by atoms with E-state index >= 15 is 0 Å². The molecule has 2 radical (unpaired) electrons. The number of esters is 1. The summed E-state index contributed by atoms with van der Waals surface area (Å²) in [5.41, 5.74) is -0.402. The van der Waals surface area contributed by atoms with Crippen molar-refractivity contribution in [3.8, 4) is 0 Å². The number of hydrogen-bond donors (Lipinski definition) is 0. The standard InChI is InChI=1S/C23H29BN4O4/c1-22(2,3)32-20(30)23(4,5)12-16-25-18-17(19(29)27(7)21(31)26(18)6)28(16)13-14-9-8-10-15(24)11-14/h8-11H,12-13H2,1-7H3. The molecule has 0 bridgehead atoms. The Morgan fingerprint density at radius 1 is 1.09 bits per heavy atom. The van der Waals surface area contributed by atoms with Crippen molar-refractivity contribution in [3.05, 3.63) is 56.5 Å². The van der Waals surface area contributed by atoms with Crippen LogP contribution in [0, 0.1) is 5.41 Å². The van der Waals surface area contributed by atoms with Gasteiger partial charge in [0, 0.05) is 27.1 Å². The molecule has 1 aromatic carbocycles. The summed E-state index contributed by atoms with van der Waals surface area (Å²) in [6.45, 7) is 9.32. The van der Waals surface area contributed by atoms with Crippen molar-refractivity contribution >= 4 is 30.4 Å². The van der Waals surface area contributed by atoms with Gasteiger partial charge in [-0.25, -0.2) is 9.78 Å². The first-order chi connectivity index (χ1) is 14.7. The molecule has 0 saturated carbocycles. The molecule has 0 aliphatic heterocycles. The second-order valence-electron chi connectivity index (χ2n) is 9.80. The van der Waals surface area contributed by atoms with Crippen LogP contribution in [0.4, 0.5) is 0 Å². The minimum atomic E-state index is -0.910. The van der Waals surface area contributed by atoms with Gasteiger partial charge in [-0.1, -0.05) is 29.7 Å². The van der Waals surface area contributed by atoms with Crippen LogP contribution in [0.15, 0.2) is 33.9 Å². The molecule has 0 aliphatic carbocycles. The zero-order chi connectivity index (χ0) is 24.0. The second kappa shape index (κ2) is 8.11. The molecule has 2 aromatic heterocycles. The van der Waals surface area contributed by atoms with E-state index in [4.69, 9.17) is 12.6 Å². The molecule has 32 heavy (non-hydrogen) atoms. The third kappa shape index (κ3) is 4.56. The molecule has 0 atom stereocenters. The van der Waals surface area contributed by atoms with E-state index in [1.165, 1.54) is 11.6 Å². The van der Waals surface area contributed by atoms with Gasteiger partial charge in [0.25, 0.3) is 5.56 Å². The van der Waals surface area contributed by atoms with Gasteiger partial charge in [-0.15, -0.1) is 0 Å². The largest absolute Gasteiger partial charge is 0.460 e. The Morgan fingerprint density at radius 3 is 2.34 bits per heavy atom. The van der Waals surface area contributed by atoms with E-state index < -0.39 is 22.3 Å². The van der Waals surface area contributed by atoms with Crippen LogP contribution < -0.4 is 16.7 Å². The SMILES string of the molecule is [B]c1cccc(Cn2c(CC(C)(C)C(=O)OC(C)(C)C)nc3c2c(=O)n(C)c(=O)n3C)c1. The Labute approximate surface area is 188 Å². The summed E-state index contributed by atoms with van der Waals surface area (Å²) >= 11 is 0. The van der Waals surface area contributed by atoms with E-state index in [0.717, 1.165) is 10.1 Å². The number of carbonyl (C=O) groups excluding carboxylic acids is 1. The van der Waals surface area contributed by atoms with Crippen molar-refractivity contribution in [1.82, 2.24) is 18.7 Å². The highest BCUT2D eigenvalue weighted by atomic mass is 16.6. The number of carbonyl (C=O) groups is 1. The summed E-state index contributed by atoms with van der Waals surface area (Å²) in [7, 11) is 8.95. The minimum absolute atomic E-state index is 0.219. The molecule has 0 unspecified atom stereocenters. The Kier molecular flexibility index (Phi) is 5.97. The average Bonchev–Trinajstić information content (AvgIpc) is 3.01. The Balaban J connectivity index is 2.20. The van der Waals surface area contributed by atoms with Crippen LogP contribution in [-0.4, -0.2) is 38.1 Å². The maximum absolute atomic E-state index is 13.1. The first-order valence-corrected chi connectivity index (χ1v) is 10.4. The molecule has 0 fully saturated rings. The molecule has 9 heteroatoms. The number of nitrogens with zero attached hydrogens (tertiary/aromatic N) is 4. The third-order valence-corrected chi connectivity index (χ3v) is 5.27. The van der Waals surface area contributed by atoms with Crippen molar-refractivity contribution in [2.75, 3.05) is 0 Å². The monoisotopic (exact) mass is 436 g/mol. The second-order valence-corrected chi connectivity index (χ2v) is 9.80. The quantitative estimate of drug-likeness (QED) is 0.443. The molecule has 3 aromatic rings. The van der Waals surface area contributed by atoms with E-state index in [2.05, 4.69) is 4.98 Å². The number of hydrogen-bond acceptors (Lipinski definition) is 5. The highest BCUT2D eigenvalue weighted by Gasteiger charge is 2.35. The first-order valence-electron chi connectivity index (χ1n) is 10.4. The van der Waals surface area contributed by atoms with Crippen molar-refractivity contribution in [1.29, 1.82) is 0 Å². The summed E-state index contributed by atoms with van der Waals surface area (Å²) < 4.78 is 9.76. The van der Waals surface area contributed by atoms with Crippen LogP contribution in [-0.2, 0) is 36.6 Å². The Hall–Kier alpha value is -3.10. The predicted octanol–water partition coefficient (Wildman–Crippen LogP) is 1.19. The van der Waals surface area contributed by atoms with Crippen molar-refractivity contribution in [3.63, 3.8) is 0 Å². The normalized spacial score (nSPS) is 12.3. The number of imidazole rings is 1. The maximum atomic E-state index is 13.1. The molecule has 0 saturated heterocycles. The number of aromatic nitrogens is 4. The fraction of sp³-hybridized carbons (Fsp3) is 0.478.